The lowest BCUT2D eigenvalue weighted by Crippen LogP contribution is -2.40. The molecule has 0 aromatic rings. The fraction of sp³-hybridized carbons (Fsp3) is 0.375. The standard InChI is InChI=1S/C8H10FN4OS/c1-14-5-12-4-7-10-6(3-9)2-8(15)13(7)11-12/h2,4,11H,3,5H2,1H3. The Bertz CT molecular complexity index is 355. The quantitative estimate of drug-likeness (QED) is 0.780. The van der Waals surface area contributed by atoms with Crippen LogP contribution in [0.4, 0.5) is 4.39 Å². The summed E-state index contributed by atoms with van der Waals surface area (Å²) in [5.74, 6) is 0.576. The first-order valence-corrected chi connectivity index (χ1v) is 4.71. The van der Waals surface area contributed by atoms with Gasteiger partial charge >= 0.3 is 0 Å². The summed E-state index contributed by atoms with van der Waals surface area (Å²) in [5.41, 5.74) is 3.27. The maximum absolute atomic E-state index is 12.4. The number of allylic oxidation sites excluding steroid dienone is 1. The topological polar surface area (TPSA) is 40.1 Å². The first-order valence-electron chi connectivity index (χ1n) is 4.30. The monoisotopic (exact) mass is 229 g/mol. The Balaban J connectivity index is 2.19. The average molecular weight is 229 g/mol. The fourth-order valence-electron chi connectivity index (χ4n) is 1.31. The SMILES string of the molecule is COCN1C=C2N=C(CF)C=C([S])N2N1. The Labute approximate surface area is 92.2 Å². The van der Waals surface area contributed by atoms with Crippen molar-refractivity contribution >= 4 is 18.3 Å². The molecule has 0 spiro atoms. The highest BCUT2D eigenvalue weighted by Crippen LogP contribution is 2.24. The largest absolute Gasteiger partial charge is 0.363 e. The third-order valence-corrected chi connectivity index (χ3v) is 2.20. The first-order chi connectivity index (χ1) is 7.24. The molecule has 0 unspecified atom stereocenters. The van der Waals surface area contributed by atoms with Gasteiger partial charge in [-0.25, -0.2) is 14.4 Å². The number of methoxy groups -OCH3 is 1. The van der Waals surface area contributed by atoms with Gasteiger partial charge in [0.05, 0.1) is 11.9 Å². The summed E-state index contributed by atoms with van der Waals surface area (Å²) < 4.78 is 17.4. The van der Waals surface area contributed by atoms with Crippen molar-refractivity contribution in [3.63, 3.8) is 0 Å². The Morgan fingerprint density at radius 2 is 2.47 bits per heavy atom. The summed E-state index contributed by atoms with van der Waals surface area (Å²) in [5, 5.41) is 3.75. The second kappa shape index (κ2) is 4.13. The molecular formula is C8H10FN4OS. The zero-order valence-corrected chi connectivity index (χ0v) is 8.92. The van der Waals surface area contributed by atoms with Crippen LogP contribution in [0.2, 0.25) is 0 Å². The smallest absolute Gasteiger partial charge is 0.167 e. The lowest BCUT2D eigenvalue weighted by molar-refractivity contribution is 0.0363. The highest BCUT2D eigenvalue weighted by Gasteiger charge is 2.26. The van der Waals surface area contributed by atoms with Gasteiger partial charge in [0.15, 0.2) is 5.82 Å². The minimum absolute atomic E-state index is 0.337. The highest BCUT2D eigenvalue weighted by molar-refractivity contribution is 7.84. The molecule has 15 heavy (non-hydrogen) atoms. The number of nitrogens with zero attached hydrogens (tertiary/aromatic N) is 3. The van der Waals surface area contributed by atoms with Crippen molar-refractivity contribution in [3.05, 3.63) is 23.1 Å². The molecule has 7 heteroatoms. The van der Waals surface area contributed by atoms with E-state index in [-0.39, 0.29) is 0 Å². The van der Waals surface area contributed by atoms with Gasteiger partial charge in [0, 0.05) is 7.11 Å². The molecule has 0 aromatic carbocycles. The fourth-order valence-corrected chi connectivity index (χ4v) is 1.58. The number of fused-ring (bicyclic) bond motifs is 1. The van der Waals surface area contributed by atoms with E-state index in [4.69, 9.17) is 17.4 Å². The van der Waals surface area contributed by atoms with Gasteiger partial charge in [0.1, 0.15) is 18.4 Å². The van der Waals surface area contributed by atoms with Crippen LogP contribution < -0.4 is 5.53 Å². The Hall–Kier alpha value is -1.18. The number of ether oxygens (including phenoxy) is 1. The second-order valence-corrected chi connectivity index (χ2v) is 3.45. The number of rotatable bonds is 3. The molecular weight excluding hydrogens is 219 g/mol. The molecule has 2 aliphatic rings. The third kappa shape index (κ3) is 1.94. The van der Waals surface area contributed by atoms with Crippen LogP contribution in [0.15, 0.2) is 28.1 Å². The Kier molecular flexibility index (Phi) is 2.85. The van der Waals surface area contributed by atoms with Crippen LogP contribution in [0.1, 0.15) is 0 Å². The molecule has 81 valence electrons. The minimum Gasteiger partial charge on any atom is -0.363 e. The van der Waals surface area contributed by atoms with Crippen molar-refractivity contribution in [2.45, 2.75) is 0 Å². The number of alkyl halides is 1. The molecule has 2 heterocycles. The summed E-state index contributed by atoms with van der Waals surface area (Å²) in [6.07, 6.45) is 3.23. The maximum atomic E-state index is 12.4. The molecule has 0 amide bonds. The summed E-state index contributed by atoms with van der Waals surface area (Å²) in [6.45, 7) is -0.251. The first kappa shape index (κ1) is 10.3. The number of aliphatic imine (C=N–C) groups is 1. The lowest BCUT2D eigenvalue weighted by atomic mass is 10.3. The number of hydrogen-bond donors (Lipinski definition) is 1. The van der Waals surface area contributed by atoms with E-state index in [0.717, 1.165) is 0 Å². The zero-order chi connectivity index (χ0) is 10.8. The highest BCUT2D eigenvalue weighted by atomic mass is 32.1. The van der Waals surface area contributed by atoms with Crippen LogP contribution in [0, 0.1) is 0 Å². The van der Waals surface area contributed by atoms with Crippen molar-refractivity contribution in [3.8, 4) is 0 Å². The van der Waals surface area contributed by atoms with Crippen LogP contribution >= 0.6 is 12.6 Å². The summed E-state index contributed by atoms with van der Waals surface area (Å²) >= 11 is 5.08. The van der Waals surface area contributed by atoms with Gasteiger partial charge in [-0.3, -0.25) is 5.01 Å². The minimum atomic E-state index is -0.615. The van der Waals surface area contributed by atoms with E-state index in [1.165, 1.54) is 6.08 Å². The van der Waals surface area contributed by atoms with E-state index in [0.29, 0.717) is 23.3 Å². The van der Waals surface area contributed by atoms with E-state index in [1.807, 2.05) is 0 Å². The van der Waals surface area contributed by atoms with Crippen molar-refractivity contribution in [1.82, 2.24) is 15.6 Å². The van der Waals surface area contributed by atoms with E-state index < -0.39 is 6.67 Å². The van der Waals surface area contributed by atoms with Gasteiger partial charge in [-0.2, -0.15) is 0 Å². The Morgan fingerprint density at radius 3 is 3.13 bits per heavy atom. The van der Waals surface area contributed by atoms with Gasteiger partial charge < -0.3 is 4.74 Å². The summed E-state index contributed by atoms with van der Waals surface area (Å²) in [4.78, 5) is 4.07. The van der Waals surface area contributed by atoms with Crippen LogP contribution in [0.3, 0.4) is 0 Å². The van der Waals surface area contributed by atoms with E-state index in [1.54, 1.807) is 23.3 Å². The van der Waals surface area contributed by atoms with E-state index in [2.05, 4.69) is 10.5 Å². The molecule has 5 nitrogen and oxygen atoms in total. The molecule has 0 fully saturated rings. The predicted octanol–water partition coefficient (Wildman–Crippen LogP) is 0.889. The summed E-state index contributed by atoms with van der Waals surface area (Å²) in [7, 11) is 1.58. The van der Waals surface area contributed by atoms with Crippen LogP contribution in [-0.2, 0) is 4.74 Å². The second-order valence-electron chi connectivity index (χ2n) is 3.03. The molecule has 0 bridgehead atoms. The van der Waals surface area contributed by atoms with Gasteiger partial charge in [-0.1, -0.05) is 12.6 Å². The predicted molar refractivity (Wildman–Crippen MR) is 55.9 cm³/mol. The number of hydrazine groups is 2. The summed E-state index contributed by atoms with van der Waals surface area (Å²) in [6, 6.07) is 0. The number of halogens is 1. The molecule has 2 rings (SSSR count). The van der Waals surface area contributed by atoms with Crippen LogP contribution in [0.25, 0.3) is 0 Å². The number of nitrogens with one attached hydrogen (secondary N) is 1. The van der Waals surface area contributed by atoms with Crippen molar-refractivity contribution in [2.75, 3.05) is 20.5 Å². The van der Waals surface area contributed by atoms with Gasteiger partial charge in [-0.15, -0.1) is 5.53 Å². The van der Waals surface area contributed by atoms with Gasteiger partial charge in [0.2, 0.25) is 0 Å². The molecule has 1 radical (unpaired) electrons. The molecule has 0 atom stereocenters. The van der Waals surface area contributed by atoms with Crippen molar-refractivity contribution < 1.29 is 9.13 Å². The van der Waals surface area contributed by atoms with Gasteiger partial charge in [0.25, 0.3) is 0 Å². The zero-order valence-electron chi connectivity index (χ0n) is 8.11. The van der Waals surface area contributed by atoms with Crippen LogP contribution in [-0.4, -0.2) is 36.2 Å². The van der Waals surface area contributed by atoms with Crippen LogP contribution in [0.5, 0.6) is 0 Å². The van der Waals surface area contributed by atoms with E-state index in [9.17, 15) is 4.39 Å². The normalized spacial score (nSPS) is 19.7. The molecule has 2 aliphatic heterocycles. The third-order valence-electron chi connectivity index (χ3n) is 1.90. The Morgan fingerprint density at radius 1 is 1.67 bits per heavy atom. The van der Waals surface area contributed by atoms with Crippen molar-refractivity contribution in [2.24, 2.45) is 4.99 Å². The molecule has 0 aliphatic carbocycles. The maximum Gasteiger partial charge on any atom is 0.167 e. The van der Waals surface area contributed by atoms with Gasteiger partial charge in [-0.05, 0) is 6.08 Å². The lowest BCUT2D eigenvalue weighted by Gasteiger charge is -2.24. The van der Waals surface area contributed by atoms with E-state index >= 15 is 0 Å². The molecule has 1 N–H and O–H groups in total. The molecule has 0 saturated carbocycles. The number of hydrogen-bond acceptors (Lipinski definition) is 5. The molecule has 0 aromatic heterocycles. The van der Waals surface area contributed by atoms with Crippen molar-refractivity contribution in [1.29, 1.82) is 0 Å². The molecule has 0 saturated heterocycles. The average Bonchev–Trinajstić information content (AvgIpc) is 2.61.